The van der Waals surface area contributed by atoms with Crippen molar-refractivity contribution < 1.29 is 5.11 Å². The van der Waals surface area contributed by atoms with E-state index in [0.717, 1.165) is 32.5 Å². The second-order valence-corrected chi connectivity index (χ2v) is 4.65. The zero-order chi connectivity index (χ0) is 10.4. The fraction of sp³-hybridized carbons (Fsp3) is 1.00. The van der Waals surface area contributed by atoms with Gasteiger partial charge in [0, 0.05) is 12.6 Å². The first-order valence-corrected chi connectivity index (χ1v) is 5.80. The summed E-state index contributed by atoms with van der Waals surface area (Å²) in [5.74, 6) is 0. The van der Waals surface area contributed by atoms with Crippen LogP contribution in [0, 0.1) is 0 Å². The summed E-state index contributed by atoms with van der Waals surface area (Å²) >= 11 is 0. The van der Waals surface area contributed by atoms with Gasteiger partial charge in [0.25, 0.3) is 0 Å². The molecule has 0 aromatic carbocycles. The molecule has 1 heterocycles. The molecule has 3 heteroatoms. The van der Waals surface area contributed by atoms with Crippen molar-refractivity contribution in [3.63, 3.8) is 0 Å². The highest BCUT2D eigenvalue weighted by Gasteiger charge is 2.21. The summed E-state index contributed by atoms with van der Waals surface area (Å²) in [6, 6.07) is 0.597. The van der Waals surface area contributed by atoms with Crippen LogP contribution >= 0.6 is 0 Å². The van der Waals surface area contributed by atoms with Crippen LogP contribution in [0.15, 0.2) is 0 Å². The quantitative estimate of drug-likeness (QED) is 0.617. The normalized spacial score (nSPS) is 23.4. The number of rotatable bonds is 5. The zero-order valence-electron chi connectivity index (χ0n) is 9.47. The van der Waals surface area contributed by atoms with Crippen LogP contribution in [0.2, 0.25) is 0 Å². The SMILES string of the molecule is CCCC(C)(O)CNC1CCNCC1. The molecule has 14 heavy (non-hydrogen) atoms. The molecule has 0 spiro atoms. The largest absolute Gasteiger partial charge is 0.389 e. The Morgan fingerprint density at radius 3 is 2.64 bits per heavy atom. The van der Waals surface area contributed by atoms with Crippen LogP contribution in [-0.2, 0) is 0 Å². The lowest BCUT2D eigenvalue weighted by Gasteiger charge is -2.29. The summed E-state index contributed by atoms with van der Waals surface area (Å²) in [7, 11) is 0. The maximum absolute atomic E-state index is 9.97. The highest BCUT2D eigenvalue weighted by Crippen LogP contribution is 2.11. The Labute approximate surface area is 87.3 Å². The van der Waals surface area contributed by atoms with Gasteiger partial charge in [0.05, 0.1) is 5.60 Å². The molecule has 0 aliphatic carbocycles. The highest BCUT2D eigenvalue weighted by molar-refractivity contribution is 4.80. The lowest BCUT2D eigenvalue weighted by molar-refractivity contribution is 0.0460. The van der Waals surface area contributed by atoms with Crippen LogP contribution in [0.1, 0.15) is 39.5 Å². The van der Waals surface area contributed by atoms with E-state index in [9.17, 15) is 5.11 Å². The van der Waals surface area contributed by atoms with Crippen molar-refractivity contribution in [1.82, 2.24) is 10.6 Å². The molecule has 0 aromatic heterocycles. The molecule has 1 fully saturated rings. The summed E-state index contributed by atoms with van der Waals surface area (Å²) in [6.45, 7) is 6.97. The summed E-state index contributed by atoms with van der Waals surface area (Å²) in [4.78, 5) is 0. The van der Waals surface area contributed by atoms with E-state index in [1.165, 1.54) is 12.8 Å². The van der Waals surface area contributed by atoms with Crippen LogP contribution < -0.4 is 10.6 Å². The Morgan fingerprint density at radius 1 is 1.43 bits per heavy atom. The predicted molar refractivity (Wildman–Crippen MR) is 59.4 cm³/mol. The molecule has 3 N–H and O–H groups in total. The number of hydrogen-bond donors (Lipinski definition) is 3. The van der Waals surface area contributed by atoms with E-state index >= 15 is 0 Å². The fourth-order valence-corrected chi connectivity index (χ4v) is 2.02. The van der Waals surface area contributed by atoms with E-state index in [4.69, 9.17) is 0 Å². The number of aliphatic hydroxyl groups is 1. The third-order valence-corrected chi connectivity index (χ3v) is 2.90. The minimum Gasteiger partial charge on any atom is -0.389 e. The number of hydrogen-bond acceptors (Lipinski definition) is 3. The van der Waals surface area contributed by atoms with Crippen LogP contribution in [0.25, 0.3) is 0 Å². The van der Waals surface area contributed by atoms with Gasteiger partial charge in [-0.2, -0.15) is 0 Å². The van der Waals surface area contributed by atoms with Crippen LogP contribution in [0.3, 0.4) is 0 Å². The average Bonchev–Trinajstić information content (AvgIpc) is 2.17. The molecule has 1 aliphatic heterocycles. The molecule has 0 amide bonds. The van der Waals surface area contributed by atoms with E-state index in [-0.39, 0.29) is 0 Å². The average molecular weight is 200 g/mol. The third kappa shape index (κ3) is 4.40. The molecule has 0 saturated carbocycles. The Morgan fingerprint density at radius 2 is 2.07 bits per heavy atom. The Hall–Kier alpha value is -0.120. The molecule has 1 unspecified atom stereocenters. The molecule has 1 aliphatic rings. The van der Waals surface area contributed by atoms with Crippen LogP contribution in [0.5, 0.6) is 0 Å². The van der Waals surface area contributed by atoms with Gasteiger partial charge in [0.15, 0.2) is 0 Å². The fourth-order valence-electron chi connectivity index (χ4n) is 2.02. The minimum absolute atomic E-state index is 0.528. The minimum atomic E-state index is -0.528. The van der Waals surface area contributed by atoms with Gasteiger partial charge in [-0.25, -0.2) is 0 Å². The van der Waals surface area contributed by atoms with Gasteiger partial charge in [-0.05, 0) is 39.3 Å². The van der Waals surface area contributed by atoms with Gasteiger partial charge >= 0.3 is 0 Å². The van der Waals surface area contributed by atoms with Gasteiger partial charge in [-0.1, -0.05) is 13.3 Å². The van der Waals surface area contributed by atoms with Crippen LogP contribution in [-0.4, -0.2) is 36.4 Å². The molecule has 0 bridgehead atoms. The molecule has 1 rings (SSSR count). The van der Waals surface area contributed by atoms with Crippen molar-refractivity contribution in [3.8, 4) is 0 Å². The van der Waals surface area contributed by atoms with Gasteiger partial charge in [-0.3, -0.25) is 0 Å². The Balaban J connectivity index is 2.17. The highest BCUT2D eigenvalue weighted by atomic mass is 16.3. The standard InChI is InChI=1S/C11H24N2O/c1-3-6-11(2,14)9-13-10-4-7-12-8-5-10/h10,12-14H,3-9H2,1-2H3. The smallest absolute Gasteiger partial charge is 0.0743 e. The summed E-state index contributed by atoms with van der Waals surface area (Å²) in [5.41, 5.74) is -0.528. The molecule has 0 aromatic rings. The number of nitrogens with one attached hydrogen (secondary N) is 2. The second kappa shape index (κ2) is 5.69. The molecular formula is C11H24N2O. The van der Waals surface area contributed by atoms with E-state index < -0.39 is 5.60 Å². The second-order valence-electron chi connectivity index (χ2n) is 4.65. The molecule has 1 atom stereocenters. The molecule has 3 nitrogen and oxygen atoms in total. The van der Waals surface area contributed by atoms with Crippen LogP contribution in [0.4, 0.5) is 0 Å². The van der Waals surface area contributed by atoms with Gasteiger partial charge < -0.3 is 15.7 Å². The first kappa shape index (κ1) is 12.0. The lowest BCUT2D eigenvalue weighted by atomic mass is 9.99. The summed E-state index contributed by atoms with van der Waals surface area (Å²) < 4.78 is 0. The lowest BCUT2D eigenvalue weighted by Crippen LogP contribution is -2.46. The van der Waals surface area contributed by atoms with Crippen molar-refractivity contribution in [2.24, 2.45) is 0 Å². The van der Waals surface area contributed by atoms with Gasteiger partial charge in [-0.15, -0.1) is 0 Å². The molecule has 0 radical (unpaired) electrons. The van der Waals surface area contributed by atoms with Gasteiger partial charge in [0.2, 0.25) is 0 Å². The predicted octanol–water partition coefficient (Wildman–Crippen LogP) is 0.879. The summed E-state index contributed by atoms with van der Waals surface area (Å²) in [5, 5.41) is 16.8. The van der Waals surface area contributed by atoms with Crippen molar-refractivity contribution in [1.29, 1.82) is 0 Å². The van der Waals surface area contributed by atoms with E-state index in [1.807, 2.05) is 6.92 Å². The third-order valence-electron chi connectivity index (χ3n) is 2.90. The summed E-state index contributed by atoms with van der Waals surface area (Å²) in [6.07, 6.45) is 4.29. The van der Waals surface area contributed by atoms with Crippen molar-refractivity contribution in [2.75, 3.05) is 19.6 Å². The first-order valence-electron chi connectivity index (χ1n) is 5.80. The first-order chi connectivity index (χ1) is 6.64. The maximum atomic E-state index is 9.97. The van der Waals surface area contributed by atoms with E-state index in [0.29, 0.717) is 6.04 Å². The Kier molecular flexibility index (Phi) is 4.85. The van der Waals surface area contributed by atoms with Crippen molar-refractivity contribution >= 4 is 0 Å². The van der Waals surface area contributed by atoms with Crippen molar-refractivity contribution in [3.05, 3.63) is 0 Å². The monoisotopic (exact) mass is 200 g/mol. The van der Waals surface area contributed by atoms with Gasteiger partial charge in [0.1, 0.15) is 0 Å². The molecule has 1 saturated heterocycles. The molecular weight excluding hydrogens is 176 g/mol. The van der Waals surface area contributed by atoms with E-state index in [1.54, 1.807) is 0 Å². The Bertz CT molecular complexity index is 153. The number of piperidine rings is 1. The maximum Gasteiger partial charge on any atom is 0.0743 e. The van der Waals surface area contributed by atoms with Crippen molar-refractivity contribution in [2.45, 2.75) is 51.2 Å². The van der Waals surface area contributed by atoms with E-state index in [2.05, 4.69) is 17.6 Å². The topological polar surface area (TPSA) is 44.3 Å². The molecule has 84 valence electrons. The zero-order valence-corrected chi connectivity index (χ0v) is 9.47.